The Hall–Kier alpha value is -1.37. The van der Waals surface area contributed by atoms with Gasteiger partial charge in [-0.3, -0.25) is 0 Å². The lowest BCUT2D eigenvalue weighted by Gasteiger charge is -2.09. The molecule has 0 aliphatic heterocycles. The van der Waals surface area contributed by atoms with E-state index in [2.05, 4.69) is 11.8 Å². The quantitative estimate of drug-likeness (QED) is 0.662. The maximum absolute atomic E-state index is 6.12. The number of rotatable bonds is 4. The van der Waals surface area contributed by atoms with Crippen molar-refractivity contribution in [2.24, 2.45) is 5.73 Å². The predicted octanol–water partition coefficient (Wildman–Crippen LogP) is 2.45. The average Bonchev–Trinajstić information content (AvgIpc) is 2.35. The Bertz CT molecular complexity index is 435. The molecule has 2 N–H and O–H groups in total. The summed E-state index contributed by atoms with van der Waals surface area (Å²) in [4.78, 5) is 0. The van der Waals surface area contributed by atoms with Crippen LogP contribution in [0.25, 0.3) is 0 Å². The summed E-state index contributed by atoms with van der Waals surface area (Å²) in [5.41, 5.74) is 6.16. The van der Waals surface area contributed by atoms with E-state index >= 15 is 0 Å². The molecule has 0 atom stereocenters. The van der Waals surface area contributed by atoms with E-state index in [0.29, 0.717) is 23.1 Å². The number of methoxy groups -OCH3 is 2. The van der Waals surface area contributed by atoms with E-state index in [1.807, 2.05) is 6.07 Å². The number of halogens is 1. The number of hydrogen-bond acceptors (Lipinski definition) is 3. The number of nitrogens with two attached hydrogens (primary N) is 1. The van der Waals surface area contributed by atoms with E-state index in [1.165, 1.54) is 0 Å². The van der Waals surface area contributed by atoms with Crippen LogP contribution in [0.1, 0.15) is 18.4 Å². The molecule has 0 saturated carbocycles. The first kappa shape index (κ1) is 13.7. The summed E-state index contributed by atoms with van der Waals surface area (Å²) >= 11 is 6.12. The standard InChI is InChI=1S/C13H16ClNO2/c1-16-11-8-7-10(6-4-3-5-9-15)13(17-2)12(11)14/h7-8H,3,5,9,15H2,1-2H3. The SMILES string of the molecule is COc1ccc(C#CCCCN)c(OC)c1Cl. The van der Waals surface area contributed by atoms with Crippen molar-refractivity contribution in [1.29, 1.82) is 0 Å². The van der Waals surface area contributed by atoms with Crippen LogP contribution in [0.5, 0.6) is 11.5 Å². The first-order chi connectivity index (χ1) is 8.24. The van der Waals surface area contributed by atoms with Crippen LogP contribution >= 0.6 is 11.6 Å². The molecule has 92 valence electrons. The molecule has 0 aromatic heterocycles. The normalized spacial score (nSPS) is 9.41. The van der Waals surface area contributed by atoms with Crippen molar-refractivity contribution in [1.82, 2.24) is 0 Å². The summed E-state index contributed by atoms with van der Waals surface area (Å²) in [6.45, 7) is 0.648. The largest absolute Gasteiger partial charge is 0.495 e. The van der Waals surface area contributed by atoms with Crippen molar-refractivity contribution >= 4 is 11.6 Å². The Morgan fingerprint density at radius 1 is 1.29 bits per heavy atom. The zero-order valence-electron chi connectivity index (χ0n) is 10.0. The fourth-order valence-corrected chi connectivity index (χ4v) is 1.66. The highest BCUT2D eigenvalue weighted by atomic mass is 35.5. The van der Waals surface area contributed by atoms with E-state index in [9.17, 15) is 0 Å². The highest BCUT2D eigenvalue weighted by Crippen LogP contribution is 2.36. The molecule has 0 amide bonds. The highest BCUT2D eigenvalue weighted by Gasteiger charge is 2.11. The molecule has 0 fully saturated rings. The van der Waals surface area contributed by atoms with Gasteiger partial charge in [0.25, 0.3) is 0 Å². The molecule has 17 heavy (non-hydrogen) atoms. The van der Waals surface area contributed by atoms with Gasteiger partial charge in [0.05, 0.1) is 19.8 Å². The molecule has 1 rings (SSSR count). The summed E-state index contributed by atoms with van der Waals surface area (Å²) < 4.78 is 10.3. The number of ether oxygens (including phenoxy) is 2. The predicted molar refractivity (Wildman–Crippen MR) is 69.7 cm³/mol. The van der Waals surface area contributed by atoms with E-state index in [4.69, 9.17) is 26.8 Å². The molecule has 4 heteroatoms. The Kier molecular flexibility index (Phi) is 5.68. The lowest BCUT2D eigenvalue weighted by atomic mass is 10.2. The van der Waals surface area contributed by atoms with E-state index in [-0.39, 0.29) is 0 Å². The van der Waals surface area contributed by atoms with Crippen molar-refractivity contribution in [2.75, 3.05) is 20.8 Å². The van der Waals surface area contributed by atoms with Gasteiger partial charge in [-0.05, 0) is 25.1 Å². The van der Waals surface area contributed by atoms with Crippen molar-refractivity contribution in [3.05, 3.63) is 22.7 Å². The second kappa shape index (κ2) is 7.05. The van der Waals surface area contributed by atoms with Crippen molar-refractivity contribution in [3.63, 3.8) is 0 Å². The van der Waals surface area contributed by atoms with E-state index < -0.39 is 0 Å². The van der Waals surface area contributed by atoms with Gasteiger partial charge < -0.3 is 15.2 Å². The molecule has 1 aromatic carbocycles. The second-order valence-corrected chi connectivity index (χ2v) is 3.73. The van der Waals surface area contributed by atoms with Gasteiger partial charge in [-0.2, -0.15) is 0 Å². The van der Waals surface area contributed by atoms with Gasteiger partial charge in [-0.15, -0.1) is 0 Å². The molecule has 1 aromatic rings. The van der Waals surface area contributed by atoms with E-state index in [0.717, 1.165) is 18.4 Å². The van der Waals surface area contributed by atoms with Gasteiger partial charge >= 0.3 is 0 Å². The zero-order valence-corrected chi connectivity index (χ0v) is 10.8. The number of benzene rings is 1. The van der Waals surface area contributed by atoms with Crippen LogP contribution in [0.4, 0.5) is 0 Å². The molecule has 0 aliphatic carbocycles. The molecule has 0 aliphatic rings. The van der Waals surface area contributed by atoms with Crippen LogP contribution in [-0.2, 0) is 0 Å². The van der Waals surface area contributed by atoms with Crippen molar-refractivity contribution in [3.8, 4) is 23.3 Å². The third kappa shape index (κ3) is 3.55. The maximum atomic E-state index is 6.12. The van der Waals surface area contributed by atoms with Crippen LogP contribution in [0, 0.1) is 11.8 Å². The van der Waals surface area contributed by atoms with Crippen LogP contribution in [0.3, 0.4) is 0 Å². The molecule has 0 unspecified atom stereocenters. The Labute approximate surface area is 107 Å². The minimum absolute atomic E-state index is 0.445. The van der Waals surface area contributed by atoms with Gasteiger partial charge in [0, 0.05) is 6.42 Å². The Morgan fingerprint density at radius 3 is 2.65 bits per heavy atom. The van der Waals surface area contributed by atoms with Crippen molar-refractivity contribution < 1.29 is 9.47 Å². The topological polar surface area (TPSA) is 44.5 Å². The maximum Gasteiger partial charge on any atom is 0.156 e. The lowest BCUT2D eigenvalue weighted by molar-refractivity contribution is 0.394. The fraction of sp³-hybridized carbons (Fsp3) is 0.385. The van der Waals surface area contributed by atoms with Gasteiger partial charge in [-0.1, -0.05) is 23.4 Å². The summed E-state index contributed by atoms with van der Waals surface area (Å²) in [5.74, 6) is 7.18. The molecule has 3 nitrogen and oxygen atoms in total. The first-order valence-electron chi connectivity index (χ1n) is 5.34. The number of unbranched alkanes of at least 4 members (excludes halogenated alkanes) is 1. The third-order valence-electron chi connectivity index (χ3n) is 2.21. The van der Waals surface area contributed by atoms with Crippen LogP contribution < -0.4 is 15.2 Å². The zero-order chi connectivity index (χ0) is 12.7. The monoisotopic (exact) mass is 253 g/mol. The van der Waals surface area contributed by atoms with Crippen molar-refractivity contribution in [2.45, 2.75) is 12.8 Å². The molecule has 0 bridgehead atoms. The third-order valence-corrected chi connectivity index (χ3v) is 2.57. The van der Waals surface area contributed by atoms with Crippen LogP contribution in [0.15, 0.2) is 12.1 Å². The Morgan fingerprint density at radius 2 is 2.06 bits per heavy atom. The van der Waals surface area contributed by atoms with Crippen LogP contribution in [0.2, 0.25) is 5.02 Å². The second-order valence-electron chi connectivity index (χ2n) is 3.36. The Balaban J connectivity index is 2.99. The van der Waals surface area contributed by atoms with Gasteiger partial charge in [0.2, 0.25) is 0 Å². The first-order valence-corrected chi connectivity index (χ1v) is 5.71. The highest BCUT2D eigenvalue weighted by molar-refractivity contribution is 6.33. The number of hydrogen-bond donors (Lipinski definition) is 1. The molecule has 0 radical (unpaired) electrons. The fourth-order valence-electron chi connectivity index (χ4n) is 1.34. The minimum atomic E-state index is 0.445. The average molecular weight is 254 g/mol. The summed E-state index contributed by atoms with van der Waals surface area (Å²) in [6.07, 6.45) is 1.66. The molecule has 0 heterocycles. The lowest BCUT2D eigenvalue weighted by Crippen LogP contribution is -1.96. The minimum Gasteiger partial charge on any atom is -0.495 e. The summed E-state index contributed by atoms with van der Waals surface area (Å²) in [7, 11) is 3.12. The molecular weight excluding hydrogens is 238 g/mol. The summed E-state index contributed by atoms with van der Waals surface area (Å²) in [6, 6.07) is 3.61. The van der Waals surface area contributed by atoms with Crippen LogP contribution in [-0.4, -0.2) is 20.8 Å². The van der Waals surface area contributed by atoms with Gasteiger partial charge in [0.1, 0.15) is 10.8 Å². The summed E-state index contributed by atoms with van der Waals surface area (Å²) in [5, 5.41) is 0.445. The van der Waals surface area contributed by atoms with E-state index in [1.54, 1.807) is 20.3 Å². The molecule has 0 spiro atoms. The van der Waals surface area contributed by atoms with Gasteiger partial charge in [-0.25, -0.2) is 0 Å². The van der Waals surface area contributed by atoms with Gasteiger partial charge in [0.15, 0.2) is 5.75 Å². The smallest absolute Gasteiger partial charge is 0.156 e. The molecular formula is C13H16ClNO2. The molecule has 0 saturated heterocycles.